The van der Waals surface area contributed by atoms with Crippen LogP contribution in [-0.2, 0) is 20.7 Å². The monoisotopic (exact) mass is 255 g/mol. The van der Waals surface area contributed by atoms with Crippen molar-refractivity contribution in [3.8, 4) is 12.3 Å². The zero-order valence-corrected chi connectivity index (χ0v) is 10.6. The van der Waals surface area contributed by atoms with E-state index >= 15 is 0 Å². The Balaban J connectivity index is 0.000000304. The third-order valence-electron chi connectivity index (χ3n) is 1.63. The molecular formula is C12H17NO3S. The maximum absolute atomic E-state index is 10.1. The molecule has 0 aliphatic rings. The van der Waals surface area contributed by atoms with Crippen molar-refractivity contribution in [2.75, 3.05) is 19.4 Å². The van der Waals surface area contributed by atoms with E-state index in [0.717, 1.165) is 19.2 Å². The largest absolute Gasteiger partial charge is 0.330 e. The predicted octanol–water partition coefficient (Wildman–Crippen LogP) is 0.784. The topological polar surface area (TPSA) is 69.4 Å². The Morgan fingerprint density at radius 2 is 1.94 bits per heavy atom. The number of benzene rings is 1. The molecule has 0 bridgehead atoms. The molecule has 0 unspecified atom stereocenters. The summed E-state index contributed by atoms with van der Waals surface area (Å²) in [5.74, 6) is 2.02. The minimum absolute atomic E-state index is 0.182. The average Bonchev–Trinajstić information content (AvgIpc) is 2.28. The average molecular weight is 255 g/mol. The molecular weight excluding hydrogens is 238 g/mol. The number of rotatable bonds is 4. The number of terminal acetylenes is 1. The van der Waals surface area contributed by atoms with E-state index in [1.165, 1.54) is 5.56 Å². The standard InChI is InChI=1S/C8H11N.C4H6O3S/c9-7-6-8-4-2-1-3-5-8;1-3-4-7-8(2,5)6/h1-5H,6-7,9H2;1H,4H2,2H3. The second-order valence-electron chi connectivity index (χ2n) is 3.19. The normalized spacial score (nSPS) is 9.94. The summed E-state index contributed by atoms with van der Waals surface area (Å²) in [6.07, 6.45) is 6.63. The van der Waals surface area contributed by atoms with Gasteiger partial charge in [-0.25, -0.2) is 0 Å². The fraction of sp³-hybridized carbons (Fsp3) is 0.333. The van der Waals surface area contributed by atoms with Gasteiger partial charge in [-0.3, -0.25) is 4.18 Å². The maximum Gasteiger partial charge on any atom is 0.265 e. The van der Waals surface area contributed by atoms with Gasteiger partial charge in [0.05, 0.1) is 6.26 Å². The first kappa shape index (κ1) is 15.7. The van der Waals surface area contributed by atoms with Crippen molar-refractivity contribution in [1.82, 2.24) is 0 Å². The molecule has 0 saturated heterocycles. The van der Waals surface area contributed by atoms with Gasteiger partial charge in [0.2, 0.25) is 0 Å². The van der Waals surface area contributed by atoms with E-state index in [9.17, 15) is 8.42 Å². The lowest BCUT2D eigenvalue weighted by atomic mass is 10.2. The molecule has 0 aliphatic carbocycles. The van der Waals surface area contributed by atoms with Gasteiger partial charge in [0, 0.05) is 0 Å². The van der Waals surface area contributed by atoms with Gasteiger partial charge in [-0.1, -0.05) is 36.3 Å². The summed E-state index contributed by atoms with van der Waals surface area (Å²) in [6.45, 7) is 0.558. The zero-order valence-electron chi connectivity index (χ0n) is 9.80. The van der Waals surface area contributed by atoms with E-state index in [1.54, 1.807) is 0 Å². The molecule has 0 radical (unpaired) electrons. The van der Waals surface area contributed by atoms with Crippen LogP contribution in [0.5, 0.6) is 0 Å². The molecule has 1 aromatic carbocycles. The van der Waals surface area contributed by atoms with Gasteiger partial charge >= 0.3 is 0 Å². The van der Waals surface area contributed by atoms with Crippen LogP contribution in [0.25, 0.3) is 0 Å². The van der Waals surface area contributed by atoms with Crippen LogP contribution >= 0.6 is 0 Å². The Bertz CT molecular complexity index is 435. The summed E-state index contributed by atoms with van der Waals surface area (Å²) < 4.78 is 24.3. The van der Waals surface area contributed by atoms with Crippen LogP contribution in [0.4, 0.5) is 0 Å². The molecule has 0 spiro atoms. The fourth-order valence-corrected chi connectivity index (χ4v) is 1.23. The third kappa shape index (κ3) is 10.9. The van der Waals surface area contributed by atoms with Crippen LogP contribution in [0.3, 0.4) is 0 Å². The van der Waals surface area contributed by atoms with Gasteiger partial charge < -0.3 is 5.73 Å². The molecule has 1 aromatic rings. The molecule has 0 aliphatic heterocycles. The van der Waals surface area contributed by atoms with Crippen molar-refractivity contribution in [3.05, 3.63) is 35.9 Å². The van der Waals surface area contributed by atoms with Gasteiger partial charge in [0.15, 0.2) is 0 Å². The van der Waals surface area contributed by atoms with Crippen LogP contribution in [0.1, 0.15) is 5.56 Å². The SMILES string of the molecule is C#CCOS(C)(=O)=O.NCCc1ccccc1. The van der Waals surface area contributed by atoms with Crippen molar-refractivity contribution in [3.63, 3.8) is 0 Å². The number of hydrogen-bond acceptors (Lipinski definition) is 4. The highest BCUT2D eigenvalue weighted by Gasteiger charge is 1.96. The van der Waals surface area contributed by atoms with Crippen LogP contribution < -0.4 is 5.73 Å². The van der Waals surface area contributed by atoms with E-state index in [-0.39, 0.29) is 6.61 Å². The number of nitrogens with two attached hydrogens (primary N) is 1. The molecule has 2 N–H and O–H groups in total. The summed E-state index contributed by atoms with van der Waals surface area (Å²) in [5, 5.41) is 0. The van der Waals surface area contributed by atoms with Crippen molar-refractivity contribution < 1.29 is 12.6 Å². The Morgan fingerprint density at radius 1 is 1.35 bits per heavy atom. The fourth-order valence-electron chi connectivity index (χ4n) is 0.952. The smallest absolute Gasteiger partial charge is 0.265 e. The molecule has 94 valence electrons. The Labute approximate surface area is 103 Å². The highest BCUT2D eigenvalue weighted by Crippen LogP contribution is 1.96. The van der Waals surface area contributed by atoms with Gasteiger partial charge in [-0.15, -0.1) is 6.42 Å². The van der Waals surface area contributed by atoms with E-state index in [2.05, 4.69) is 16.3 Å². The lowest BCUT2D eigenvalue weighted by Gasteiger charge is -1.93. The Kier molecular flexibility index (Phi) is 8.07. The summed E-state index contributed by atoms with van der Waals surface area (Å²) in [7, 11) is -3.33. The van der Waals surface area contributed by atoms with E-state index in [0.29, 0.717) is 0 Å². The molecule has 1 rings (SSSR count). The Morgan fingerprint density at radius 3 is 2.29 bits per heavy atom. The van der Waals surface area contributed by atoms with Crippen LogP contribution in [0.2, 0.25) is 0 Å². The van der Waals surface area contributed by atoms with E-state index in [1.807, 2.05) is 24.1 Å². The van der Waals surface area contributed by atoms with E-state index < -0.39 is 10.1 Å². The second-order valence-corrected chi connectivity index (χ2v) is 4.84. The molecule has 0 saturated carbocycles. The van der Waals surface area contributed by atoms with Gasteiger partial charge in [0.1, 0.15) is 6.61 Å². The zero-order chi connectivity index (χ0) is 13.1. The lowest BCUT2D eigenvalue weighted by Crippen LogP contribution is -2.01. The first-order chi connectivity index (χ1) is 7.99. The van der Waals surface area contributed by atoms with Gasteiger partial charge in [0.25, 0.3) is 10.1 Å². The molecule has 17 heavy (non-hydrogen) atoms. The van der Waals surface area contributed by atoms with Crippen molar-refractivity contribution >= 4 is 10.1 Å². The van der Waals surface area contributed by atoms with Gasteiger partial charge in [-0.2, -0.15) is 8.42 Å². The van der Waals surface area contributed by atoms with Crippen LogP contribution in [0.15, 0.2) is 30.3 Å². The molecule has 0 atom stereocenters. The first-order valence-electron chi connectivity index (χ1n) is 5.01. The minimum Gasteiger partial charge on any atom is -0.330 e. The quantitative estimate of drug-likeness (QED) is 0.638. The summed E-state index contributed by atoms with van der Waals surface area (Å²) in [4.78, 5) is 0. The highest BCUT2D eigenvalue weighted by molar-refractivity contribution is 7.85. The van der Waals surface area contributed by atoms with E-state index in [4.69, 9.17) is 12.2 Å². The van der Waals surface area contributed by atoms with Crippen molar-refractivity contribution in [1.29, 1.82) is 0 Å². The van der Waals surface area contributed by atoms with Crippen LogP contribution in [0, 0.1) is 12.3 Å². The van der Waals surface area contributed by atoms with Crippen molar-refractivity contribution in [2.45, 2.75) is 6.42 Å². The molecule has 5 heteroatoms. The molecule has 0 aromatic heterocycles. The summed E-state index contributed by atoms with van der Waals surface area (Å²) >= 11 is 0. The second kappa shape index (κ2) is 8.76. The first-order valence-corrected chi connectivity index (χ1v) is 6.83. The number of hydrogen-bond donors (Lipinski definition) is 1. The predicted molar refractivity (Wildman–Crippen MR) is 68.8 cm³/mol. The summed E-state index contributed by atoms with van der Waals surface area (Å²) in [5.41, 5.74) is 6.68. The molecule has 0 fully saturated rings. The molecule has 0 amide bonds. The highest BCUT2D eigenvalue weighted by atomic mass is 32.2. The lowest BCUT2D eigenvalue weighted by molar-refractivity contribution is 0.368. The van der Waals surface area contributed by atoms with Crippen molar-refractivity contribution in [2.24, 2.45) is 5.73 Å². The molecule has 4 nitrogen and oxygen atoms in total. The van der Waals surface area contributed by atoms with Gasteiger partial charge in [-0.05, 0) is 18.5 Å². The maximum atomic E-state index is 10.1. The minimum atomic E-state index is -3.33. The molecule has 0 heterocycles. The Hall–Kier alpha value is -1.35. The summed E-state index contributed by atoms with van der Waals surface area (Å²) in [6, 6.07) is 10.3. The van der Waals surface area contributed by atoms with Crippen LogP contribution in [-0.4, -0.2) is 27.8 Å². The third-order valence-corrected chi connectivity index (χ3v) is 2.18.